The second kappa shape index (κ2) is 11.2. The Bertz CT molecular complexity index is 1060. The van der Waals surface area contributed by atoms with E-state index in [9.17, 15) is 4.79 Å². The second-order valence-corrected chi connectivity index (χ2v) is 9.25. The standard InChI is InChI=1S/C25H29Cl2N5O/c1-18(23-16-29-24(30-23)20-5-3-2-4-6-20)25(33)28-9-10-31-11-13-32(14-12-31)17-19-7-8-21(26)22(27)15-19/h2-8,15-16,18H,9-14,17H2,1H3,(H,28,33)(H,29,30). The largest absolute Gasteiger partial charge is 0.354 e. The summed E-state index contributed by atoms with van der Waals surface area (Å²) in [5.41, 5.74) is 3.00. The van der Waals surface area contributed by atoms with Crippen molar-refractivity contribution in [3.8, 4) is 11.4 Å². The number of imidazole rings is 1. The number of benzene rings is 2. The van der Waals surface area contributed by atoms with Crippen molar-refractivity contribution in [2.24, 2.45) is 0 Å². The van der Waals surface area contributed by atoms with Crippen LogP contribution in [0.5, 0.6) is 0 Å². The number of carbonyl (C=O) groups excluding carboxylic acids is 1. The van der Waals surface area contributed by atoms with E-state index in [0.29, 0.717) is 16.6 Å². The molecule has 33 heavy (non-hydrogen) atoms. The summed E-state index contributed by atoms with van der Waals surface area (Å²) in [7, 11) is 0. The lowest BCUT2D eigenvalue weighted by Crippen LogP contribution is -2.48. The van der Waals surface area contributed by atoms with E-state index in [0.717, 1.165) is 56.4 Å². The Morgan fingerprint density at radius 1 is 1.06 bits per heavy atom. The van der Waals surface area contributed by atoms with Crippen LogP contribution in [0.15, 0.2) is 54.7 Å². The highest BCUT2D eigenvalue weighted by Gasteiger charge is 2.20. The number of rotatable bonds is 8. The highest BCUT2D eigenvalue weighted by atomic mass is 35.5. The van der Waals surface area contributed by atoms with Gasteiger partial charge in [-0.3, -0.25) is 14.6 Å². The van der Waals surface area contributed by atoms with Crippen LogP contribution in [0.25, 0.3) is 11.4 Å². The third-order valence-electron chi connectivity index (χ3n) is 6.08. The van der Waals surface area contributed by atoms with Crippen molar-refractivity contribution in [3.05, 3.63) is 76.0 Å². The number of amides is 1. The van der Waals surface area contributed by atoms with E-state index in [4.69, 9.17) is 23.2 Å². The smallest absolute Gasteiger partial charge is 0.228 e. The van der Waals surface area contributed by atoms with E-state index in [1.54, 1.807) is 6.20 Å². The average Bonchev–Trinajstić information content (AvgIpc) is 3.33. The van der Waals surface area contributed by atoms with Gasteiger partial charge in [0.2, 0.25) is 5.91 Å². The Kier molecular flexibility index (Phi) is 8.04. The van der Waals surface area contributed by atoms with Gasteiger partial charge in [-0.05, 0) is 24.6 Å². The van der Waals surface area contributed by atoms with Gasteiger partial charge in [0.05, 0.1) is 16.0 Å². The number of halogens is 2. The van der Waals surface area contributed by atoms with Gasteiger partial charge in [0.15, 0.2) is 0 Å². The van der Waals surface area contributed by atoms with E-state index in [-0.39, 0.29) is 11.8 Å². The first-order valence-electron chi connectivity index (χ1n) is 11.3. The molecule has 1 aromatic heterocycles. The molecule has 8 heteroatoms. The van der Waals surface area contributed by atoms with Crippen molar-refractivity contribution < 1.29 is 4.79 Å². The second-order valence-electron chi connectivity index (χ2n) is 8.43. The summed E-state index contributed by atoms with van der Waals surface area (Å²) in [6, 6.07) is 15.7. The Hall–Kier alpha value is -2.38. The molecule has 0 radical (unpaired) electrons. The fourth-order valence-electron chi connectivity index (χ4n) is 4.00. The third kappa shape index (κ3) is 6.36. The highest BCUT2D eigenvalue weighted by molar-refractivity contribution is 6.42. The molecule has 2 aromatic carbocycles. The lowest BCUT2D eigenvalue weighted by atomic mass is 10.1. The molecule has 1 unspecified atom stereocenters. The van der Waals surface area contributed by atoms with Crippen LogP contribution < -0.4 is 5.32 Å². The number of aromatic nitrogens is 2. The predicted molar refractivity (Wildman–Crippen MR) is 134 cm³/mol. The monoisotopic (exact) mass is 485 g/mol. The summed E-state index contributed by atoms with van der Waals surface area (Å²) < 4.78 is 0. The summed E-state index contributed by atoms with van der Waals surface area (Å²) >= 11 is 12.1. The van der Waals surface area contributed by atoms with Gasteiger partial charge in [-0.1, -0.05) is 59.6 Å². The topological polar surface area (TPSA) is 64.3 Å². The zero-order valence-electron chi connectivity index (χ0n) is 18.7. The molecule has 0 saturated carbocycles. The number of hydrogen-bond donors (Lipinski definition) is 2. The van der Waals surface area contributed by atoms with Gasteiger partial charge in [-0.2, -0.15) is 0 Å². The van der Waals surface area contributed by atoms with Gasteiger partial charge >= 0.3 is 0 Å². The molecule has 1 atom stereocenters. The molecular weight excluding hydrogens is 457 g/mol. The zero-order valence-corrected chi connectivity index (χ0v) is 20.2. The van der Waals surface area contributed by atoms with Gasteiger partial charge < -0.3 is 10.3 Å². The van der Waals surface area contributed by atoms with Crippen molar-refractivity contribution in [1.29, 1.82) is 0 Å². The quantitative estimate of drug-likeness (QED) is 0.495. The van der Waals surface area contributed by atoms with Gasteiger partial charge in [0.1, 0.15) is 5.82 Å². The maximum absolute atomic E-state index is 12.6. The van der Waals surface area contributed by atoms with Crippen molar-refractivity contribution in [2.75, 3.05) is 39.3 Å². The Morgan fingerprint density at radius 3 is 2.52 bits per heavy atom. The number of nitrogens with zero attached hydrogens (tertiary/aromatic N) is 3. The van der Waals surface area contributed by atoms with Gasteiger partial charge in [-0.25, -0.2) is 4.98 Å². The summed E-state index contributed by atoms with van der Waals surface area (Å²) in [4.78, 5) is 25.1. The number of carbonyl (C=O) groups is 1. The lowest BCUT2D eigenvalue weighted by Gasteiger charge is -2.34. The number of piperazine rings is 1. The molecular formula is C25H29Cl2N5O. The first-order chi connectivity index (χ1) is 16.0. The molecule has 2 heterocycles. The van der Waals surface area contributed by atoms with Crippen LogP contribution >= 0.6 is 23.2 Å². The first-order valence-corrected chi connectivity index (χ1v) is 12.0. The fourth-order valence-corrected chi connectivity index (χ4v) is 4.32. The molecule has 1 saturated heterocycles. The van der Waals surface area contributed by atoms with Crippen molar-refractivity contribution in [2.45, 2.75) is 19.4 Å². The minimum atomic E-state index is -0.280. The van der Waals surface area contributed by atoms with E-state index in [1.165, 1.54) is 5.56 Å². The SMILES string of the molecule is CC(C(=O)NCCN1CCN(Cc2ccc(Cl)c(Cl)c2)CC1)c1cnc(-c2ccccc2)[nH]1. The summed E-state index contributed by atoms with van der Waals surface area (Å²) in [5.74, 6) is 0.513. The molecule has 1 aliphatic heterocycles. The van der Waals surface area contributed by atoms with Crippen LogP contribution in [-0.2, 0) is 11.3 Å². The Morgan fingerprint density at radius 2 is 1.79 bits per heavy atom. The number of aromatic amines is 1. The molecule has 1 aliphatic rings. The Labute approximate surface area is 204 Å². The number of H-pyrrole nitrogens is 1. The molecule has 1 fully saturated rings. The van der Waals surface area contributed by atoms with Crippen LogP contribution in [0.4, 0.5) is 0 Å². The van der Waals surface area contributed by atoms with Gasteiger partial charge in [-0.15, -0.1) is 0 Å². The Balaban J connectivity index is 1.18. The minimum absolute atomic E-state index is 0.0107. The summed E-state index contributed by atoms with van der Waals surface area (Å²) in [6.45, 7) is 8.18. The van der Waals surface area contributed by atoms with Crippen LogP contribution in [0.1, 0.15) is 24.1 Å². The van der Waals surface area contributed by atoms with Crippen LogP contribution in [-0.4, -0.2) is 64.9 Å². The minimum Gasteiger partial charge on any atom is -0.354 e. The highest BCUT2D eigenvalue weighted by Crippen LogP contribution is 2.23. The fraction of sp³-hybridized carbons (Fsp3) is 0.360. The molecule has 3 aromatic rings. The van der Waals surface area contributed by atoms with Crippen LogP contribution in [0.2, 0.25) is 10.0 Å². The predicted octanol–water partition coefficient (Wildman–Crippen LogP) is 4.42. The number of nitrogens with one attached hydrogen (secondary N) is 2. The maximum atomic E-state index is 12.6. The molecule has 6 nitrogen and oxygen atoms in total. The molecule has 1 amide bonds. The van der Waals surface area contributed by atoms with Crippen molar-refractivity contribution >= 4 is 29.1 Å². The summed E-state index contributed by atoms with van der Waals surface area (Å²) in [6.07, 6.45) is 1.75. The van der Waals surface area contributed by atoms with Crippen LogP contribution in [0, 0.1) is 0 Å². The van der Waals surface area contributed by atoms with Gasteiger partial charge in [0, 0.05) is 63.3 Å². The molecule has 174 valence electrons. The first kappa shape index (κ1) is 23.8. The van der Waals surface area contributed by atoms with E-state index >= 15 is 0 Å². The molecule has 2 N–H and O–H groups in total. The lowest BCUT2D eigenvalue weighted by molar-refractivity contribution is -0.122. The zero-order chi connectivity index (χ0) is 23.2. The average molecular weight is 486 g/mol. The van der Waals surface area contributed by atoms with Crippen molar-refractivity contribution in [3.63, 3.8) is 0 Å². The normalized spacial score (nSPS) is 16.0. The van der Waals surface area contributed by atoms with Crippen molar-refractivity contribution in [1.82, 2.24) is 25.1 Å². The van der Waals surface area contributed by atoms with Crippen LogP contribution in [0.3, 0.4) is 0 Å². The molecule has 0 bridgehead atoms. The molecule has 0 aliphatic carbocycles. The third-order valence-corrected chi connectivity index (χ3v) is 6.82. The van der Waals surface area contributed by atoms with Gasteiger partial charge in [0.25, 0.3) is 0 Å². The molecule has 4 rings (SSSR count). The van der Waals surface area contributed by atoms with E-state index < -0.39 is 0 Å². The number of hydrogen-bond acceptors (Lipinski definition) is 4. The maximum Gasteiger partial charge on any atom is 0.228 e. The van der Waals surface area contributed by atoms with E-state index in [2.05, 4.69) is 25.1 Å². The van der Waals surface area contributed by atoms with E-state index in [1.807, 2.05) is 55.5 Å². The molecule has 0 spiro atoms. The summed E-state index contributed by atoms with van der Waals surface area (Å²) in [5, 5.41) is 4.26.